The van der Waals surface area contributed by atoms with E-state index >= 15 is 0 Å². The van der Waals surface area contributed by atoms with Crippen LogP contribution in [0.15, 0.2) is 18.2 Å². The summed E-state index contributed by atoms with van der Waals surface area (Å²) in [6, 6.07) is 5.43. The number of hydrogen-bond acceptors (Lipinski definition) is 3. The molecule has 4 heteroatoms. The highest BCUT2D eigenvalue weighted by Crippen LogP contribution is 2.24. The van der Waals surface area contributed by atoms with Crippen molar-refractivity contribution in [2.45, 2.75) is 6.92 Å². The Hall–Kier alpha value is -1.06. The number of carbonyl (C=O) groups excluding carboxylic acids is 1. The van der Waals surface area contributed by atoms with Gasteiger partial charge in [-0.2, -0.15) is 0 Å². The maximum absolute atomic E-state index is 11.0. The lowest BCUT2D eigenvalue weighted by molar-refractivity contribution is 0.112. The molecule has 0 aromatic heterocycles. The lowest BCUT2D eigenvalue weighted by atomic mass is 10.1. The molecule has 1 fully saturated rings. The van der Waals surface area contributed by atoms with E-state index in [9.17, 15) is 4.79 Å². The van der Waals surface area contributed by atoms with E-state index in [1.807, 2.05) is 6.07 Å². The van der Waals surface area contributed by atoms with E-state index in [0.29, 0.717) is 5.02 Å². The van der Waals surface area contributed by atoms with Crippen molar-refractivity contribution >= 4 is 23.6 Å². The summed E-state index contributed by atoms with van der Waals surface area (Å²) in [5, 5.41) is 0.684. The Morgan fingerprint density at radius 2 is 2.00 bits per heavy atom. The molecule has 0 aliphatic carbocycles. The number of anilines is 1. The number of nitrogens with zero attached hydrogens (tertiary/aromatic N) is 2. The van der Waals surface area contributed by atoms with Gasteiger partial charge in [-0.05, 0) is 24.7 Å². The van der Waals surface area contributed by atoms with E-state index in [1.165, 1.54) is 0 Å². The van der Waals surface area contributed by atoms with Crippen LogP contribution in [-0.4, -0.2) is 43.9 Å². The molecule has 1 aromatic rings. The number of rotatable bonds is 3. The number of halogens is 1. The van der Waals surface area contributed by atoms with Crippen molar-refractivity contribution in [2.75, 3.05) is 37.6 Å². The number of benzene rings is 1. The molecule has 2 rings (SSSR count). The first-order chi connectivity index (χ1) is 8.24. The molecule has 0 amide bonds. The number of aldehydes is 1. The largest absolute Gasteiger partial charge is 0.368 e. The second kappa shape index (κ2) is 5.52. The van der Waals surface area contributed by atoms with Crippen LogP contribution in [0.25, 0.3) is 0 Å². The van der Waals surface area contributed by atoms with Crippen LogP contribution >= 0.6 is 11.6 Å². The summed E-state index contributed by atoms with van der Waals surface area (Å²) in [6.07, 6.45) is 0.901. The van der Waals surface area contributed by atoms with Gasteiger partial charge >= 0.3 is 0 Å². The third kappa shape index (κ3) is 2.79. The molecule has 3 nitrogen and oxygen atoms in total. The summed E-state index contributed by atoms with van der Waals surface area (Å²) in [4.78, 5) is 15.7. The van der Waals surface area contributed by atoms with Crippen molar-refractivity contribution in [3.05, 3.63) is 28.8 Å². The van der Waals surface area contributed by atoms with Gasteiger partial charge in [0, 0.05) is 42.5 Å². The van der Waals surface area contributed by atoms with E-state index < -0.39 is 0 Å². The molecule has 0 radical (unpaired) electrons. The molecular formula is C13H17ClN2O. The number of likely N-dealkylation sites (N-methyl/N-ethyl adjacent to an activating group) is 1. The third-order valence-electron chi connectivity index (χ3n) is 3.28. The zero-order valence-corrected chi connectivity index (χ0v) is 10.8. The Morgan fingerprint density at radius 1 is 1.29 bits per heavy atom. The summed E-state index contributed by atoms with van der Waals surface area (Å²) in [5.74, 6) is 0. The van der Waals surface area contributed by atoms with Crippen LogP contribution in [0.4, 0.5) is 5.69 Å². The Balaban J connectivity index is 2.17. The van der Waals surface area contributed by atoms with Crippen molar-refractivity contribution in [3.63, 3.8) is 0 Å². The number of piperazine rings is 1. The van der Waals surface area contributed by atoms with Gasteiger partial charge in [0.25, 0.3) is 0 Å². The van der Waals surface area contributed by atoms with Crippen LogP contribution in [0.5, 0.6) is 0 Å². The minimum atomic E-state index is 0.684. The van der Waals surface area contributed by atoms with Crippen LogP contribution in [0.2, 0.25) is 5.02 Å². The minimum Gasteiger partial charge on any atom is -0.368 e. The maximum Gasteiger partial charge on any atom is 0.152 e. The molecule has 1 aromatic carbocycles. The van der Waals surface area contributed by atoms with Gasteiger partial charge in [0.1, 0.15) is 0 Å². The van der Waals surface area contributed by atoms with Crippen LogP contribution in [0.3, 0.4) is 0 Å². The summed E-state index contributed by atoms with van der Waals surface area (Å²) >= 11 is 6.00. The zero-order chi connectivity index (χ0) is 12.3. The monoisotopic (exact) mass is 252 g/mol. The van der Waals surface area contributed by atoms with Gasteiger partial charge in [-0.1, -0.05) is 18.5 Å². The maximum atomic E-state index is 11.0. The Kier molecular flexibility index (Phi) is 4.02. The Bertz CT molecular complexity index is 400. The van der Waals surface area contributed by atoms with Gasteiger partial charge in [-0.3, -0.25) is 4.79 Å². The normalized spacial score (nSPS) is 17.2. The van der Waals surface area contributed by atoms with Crippen LogP contribution in [-0.2, 0) is 0 Å². The average Bonchev–Trinajstić information content (AvgIpc) is 2.39. The summed E-state index contributed by atoms with van der Waals surface area (Å²) < 4.78 is 0. The SMILES string of the molecule is CCN1CCN(c2cc(Cl)ccc2C=O)CC1. The second-order valence-corrected chi connectivity index (χ2v) is 4.68. The average molecular weight is 253 g/mol. The Labute approximate surface area is 107 Å². The predicted molar refractivity (Wildman–Crippen MR) is 71.2 cm³/mol. The first-order valence-electron chi connectivity index (χ1n) is 5.96. The number of hydrogen-bond donors (Lipinski definition) is 0. The molecule has 17 heavy (non-hydrogen) atoms. The molecule has 92 valence electrons. The van der Waals surface area contributed by atoms with Gasteiger partial charge in [0.05, 0.1) is 0 Å². The molecule has 0 N–H and O–H groups in total. The van der Waals surface area contributed by atoms with E-state index in [-0.39, 0.29) is 0 Å². The van der Waals surface area contributed by atoms with E-state index in [4.69, 9.17) is 11.6 Å². The van der Waals surface area contributed by atoms with Crippen LogP contribution in [0.1, 0.15) is 17.3 Å². The minimum absolute atomic E-state index is 0.684. The summed E-state index contributed by atoms with van der Waals surface area (Å²) in [6.45, 7) is 7.25. The lowest BCUT2D eigenvalue weighted by Gasteiger charge is -2.36. The second-order valence-electron chi connectivity index (χ2n) is 4.24. The fourth-order valence-electron chi connectivity index (χ4n) is 2.20. The van der Waals surface area contributed by atoms with E-state index in [1.54, 1.807) is 12.1 Å². The summed E-state index contributed by atoms with van der Waals surface area (Å²) in [7, 11) is 0. The Morgan fingerprint density at radius 3 is 2.59 bits per heavy atom. The van der Waals surface area contributed by atoms with Crippen molar-refractivity contribution in [3.8, 4) is 0 Å². The molecule has 1 heterocycles. The predicted octanol–water partition coefficient (Wildman–Crippen LogP) is 2.29. The molecule has 0 spiro atoms. The topological polar surface area (TPSA) is 23.6 Å². The smallest absolute Gasteiger partial charge is 0.152 e. The highest BCUT2D eigenvalue weighted by molar-refractivity contribution is 6.31. The molecule has 0 unspecified atom stereocenters. The zero-order valence-electron chi connectivity index (χ0n) is 10.0. The molecule has 0 atom stereocenters. The molecule has 1 aliphatic heterocycles. The first kappa shape index (κ1) is 12.4. The van der Waals surface area contributed by atoms with Gasteiger partial charge < -0.3 is 9.80 Å². The van der Waals surface area contributed by atoms with Gasteiger partial charge in [0.15, 0.2) is 6.29 Å². The van der Waals surface area contributed by atoms with Gasteiger partial charge in [0.2, 0.25) is 0 Å². The highest BCUT2D eigenvalue weighted by atomic mass is 35.5. The van der Waals surface area contributed by atoms with Crippen LogP contribution in [0, 0.1) is 0 Å². The number of carbonyl (C=O) groups is 1. The standard InChI is InChI=1S/C13H17ClN2O/c1-2-15-5-7-16(8-6-15)13-9-12(14)4-3-11(13)10-17/h3-4,9-10H,2,5-8H2,1H3. The van der Waals surface area contributed by atoms with Gasteiger partial charge in [-0.15, -0.1) is 0 Å². The first-order valence-corrected chi connectivity index (χ1v) is 6.34. The molecule has 1 aliphatic rings. The van der Waals surface area contributed by atoms with E-state index in [2.05, 4.69) is 16.7 Å². The van der Waals surface area contributed by atoms with E-state index in [0.717, 1.165) is 50.3 Å². The quantitative estimate of drug-likeness (QED) is 0.772. The van der Waals surface area contributed by atoms with Crippen molar-refractivity contribution in [2.24, 2.45) is 0 Å². The highest BCUT2D eigenvalue weighted by Gasteiger charge is 2.18. The molecule has 1 saturated heterocycles. The van der Waals surface area contributed by atoms with Crippen molar-refractivity contribution in [1.29, 1.82) is 0 Å². The van der Waals surface area contributed by atoms with Crippen molar-refractivity contribution < 1.29 is 4.79 Å². The fraction of sp³-hybridized carbons (Fsp3) is 0.462. The van der Waals surface area contributed by atoms with Crippen LogP contribution < -0.4 is 4.90 Å². The van der Waals surface area contributed by atoms with Crippen molar-refractivity contribution in [1.82, 2.24) is 4.90 Å². The summed E-state index contributed by atoms with van der Waals surface area (Å²) in [5.41, 5.74) is 1.68. The third-order valence-corrected chi connectivity index (χ3v) is 3.51. The molecule has 0 saturated carbocycles. The molecular weight excluding hydrogens is 236 g/mol. The van der Waals surface area contributed by atoms with Gasteiger partial charge in [-0.25, -0.2) is 0 Å². The molecule has 0 bridgehead atoms. The lowest BCUT2D eigenvalue weighted by Crippen LogP contribution is -2.46. The fourth-order valence-corrected chi connectivity index (χ4v) is 2.36.